The highest BCUT2D eigenvalue weighted by Crippen LogP contribution is 2.70. The molecule has 2 heterocycles. The molecular formula is C30H36N2O5. The summed E-state index contributed by atoms with van der Waals surface area (Å²) in [7, 11) is 8.68. The van der Waals surface area contributed by atoms with Crippen LogP contribution < -0.4 is 9.47 Å². The van der Waals surface area contributed by atoms with E-state index in [4.69, 9.17) is 18.9 Å². The van der Waals surface area contributed by atoms with E-state index in [0.717, 1.165) is 31.7 Å². The normalized spacial score (nSPS) is 30.4. The van der Waals surface area contributed by atoms with Gasteiger partial charge in [-0.1, -0.05) is 42.5 Å². The van der Waals surface area contributed by atoms with Crippen LogP contribution in [0.4, 0.5) is 0 Å². The molecule has 0 N–H and O–H groups in total. The summed E-state index contributed by atoms with van der Waals surface area (Å²) in [5.41, 5.74) is 2.69. The summed E-state index contributed by atoms with van der Waals surface area (Å²) in [6.45, 7) is 1.71. The number of hydrogen-bond donors (Lipinski definition) is 0. The largest absolute Gasteiger partial charge is 0.493 e. The summed E-state index contributed by atoms with van der Waals surface area (Å²) in [5.74, 6) is 0.511. The van der Waals surface area contributed by atoms with Gasteiger partial charge in [0.15, 0.2) is 17.6 Å². The molecule has 0 aromatic heterocycles. The molecule has 0 radical (unpaired) electrons. The van der Waals surface area contributed by atoms with Gasteiger partial charge in [0.2, 0.25) is 11.7 Å². The average Bonchev–Trinajstić information content (AvgIpc) is 3.27. The van der Waals surface area contributed by atoms with Gasteiger partial charge in [-0.05, 0) is 42.7 Å². The van der Waals surface area contributed by atoms with Gasteiger partial charge >= 0.3 is 0 Å². The lowest BCUT2D eigenvalue weighted by Crippen LogP contribution is -2.74. The Morgan fingerprint density at radius 2 is 1.84 bits per heavy atom. The molecule has 4 atom stereocenters. The molecule has 1 saturated heterocycles. The van der Waals surface area contributed by atoms with E-state index in [1.54, 1.807) is 26.2 Å². The van der Waals surface area contributed by atoms with Gasteiger partial charge < -0.3 is 23.8 Å². The molecule has 7 nitrogen and oxygen atoms in total. The predicted molar refractivity (Wildman–Crippen MR) is 140 cm³/mol. The quantitative estimate of drug-likeness (QED) is 0.425. The first kappa shape index (κ1) is 24.5. The Kier molecular flexibility index (Phi) is 5.67. The summed E-state index contributed by atoms with van der Waals surface area (Å²) >= 11 is 0. The molecule has 1 fully saturated rings. The molecular weight excluding hydrogens is 468 g/mol. The van der Waals surface area contributed by atoms with E-state index in [1.165, 1.54) is 16.7 Å². The Morgan fingerprint density at radius 1 is 1.08 bits per heavy atom. The van der Waals surface area contributed by atoms with Crippen LogP contribution in [0.1, 0.15) is 29.5 Å². The van der Waals surface area contributed by atoms with Crippen LogP contribution in [0.15, 0.2) is 54.6 Å². The average molecular weight is 505 g/mol. The van der Waals surface area contributed by atoms with Crippen LogP contribution in [0.5, 0.6) is 11.5 Å². The van der Waals surface area contributed by atoms with Crippen molar-refractivity contribution in [3.8, 4) is 11.5 Å². The number of carbonyl (C=O) groups excluding carboxylic acids is 1. The van der Waals surface area contributed by atoms with E-state index in [2.05, 4.69) is 47.4 Å². The van der Waals surface area contributed by atoms with Gasteiger partial charge in [0.25, 0.3) is 0 Å². The highest BCUT2D eigenvalue weighted by molar-refractivity contribution is 5.78. The standard InChI is InChI=1S/C30H36N2O5/c1-31(2)24(33)18-28-13-14-30(35-4,36-5)27-29(28)15-16-32(19-20-9-7-6-8-10-20)23(28)17-21-11-12-22(34-3)26(37-27)25(21)29/h6-14,23,27H,15-19H2,1-5H3/t23-,27-,28-,29+/m1/s1. The van der Waals surface area contributed by atoms with Crippen molar-refractivity contribution in [3.05, 3.63) is 71.3 Å². The van der Waals surface area contributed by atoms with E-state index in [1.807, 2.05) is 26.2 Å². The number of nitrogens with zero attached hydrogens (tertiary/aromatic N) is 2. The Morgan fingerprint density at radius 3 is 2.51 bits per heavy atom. The highest BCUT2D eigenvalue weighted by atomic mass is 16.7. The Hall–Kier alpha value is -2.87. The number of amides is 1. The van der Waals surface area contributed by atoms with Gasteiger partial charge in [0.05, 0.1) is 12.5 Å². The lowest BCUT2D eigenvalue weighted by Gasteiger charge is -2.65. The molecule has 1 amide bonds. The third kappa shape index (κ3) is 3.14. The smallest absolute Gasteiger partial charge is 0.226 e. The van der Waals surface area contributed by atoms with Crippen molar-refractivity contribution in [3.63, 3.8) is 0 Å². The third-order valence-corrected chi connectivity index (χ3v) is 9.42. The number of rotatable bonds is 7. The van der Waals surface area contributed by atoms with E-state index in [0.29, 0.717) is 12.2 Å². The molecule has 2 aromatic carbocycles. The fourth-order valence-electron chi connectivity index (χ4n) is 7.70. The van der Waals surface area contributed by atoms with Gasteiger partial charge in [0, 0.05) is 58.3 Å². The Bertz CT molecular complexity index is 1240. The minimum absolute atomic E-state index is 0.103. The summed E-state index contributed by atoms with van der Waals surface area (Å²) in [5, 5.41) is 0. The van der Waals surface area contributed by atoms with Crippen molar-refractivity contribution < 1.29 is 23.7 Å². The van der Waals surface area contributed by atoms with Crippen molar-refractivity contribution in [2.45, 2.75) is 49.2 Å². The molecule has 2 aliphatic carbocycles. The van der Waals surface area contributed by atoms with Gasteiger partial charge in [0.1, 0.15) is 0 Å². The molecule has 7 heteroatoms. The molecule has 37 heavy (non-hydrogen) atoms. The summed E-state index contributed by atoms with van der Waals surface area (Å²) < 4.78 is 24.8. The van der Waals surface area contributed by atoms with Crippen molar-refractivity contribution in [2.24, 2.45) is 5.41 Å². The van der Waals surface area contributed by atoms with E-state index < -0.39 is 22.7 Å². The summed E-state index contributed by atoms with van der Waals surface area (Å²) in [6.07, 6.45) is 5.80. The Labute approximate surface area is 218 Å². The fourth-order valence-corrected chi connectivity index (χ4v) is 7.70. The van der Waals surface area contributed by atoms with Gasteiger partial charge in [-0.2, -0.15) is 0 Å². The van der Waals surface area contributed by atoms with Crippen LogP contribution in [0, 0.1) is 5.41 Å². The number of benzene rings is 2. The fraction of sp³-hybridized carbons (Fsp3) is 0.500. The van der Waals surface area contributed by atoms with Crippen LogP contribution in [0.2, 0.25) is 0 Å². The first-order valence-electron chi connectivity index (χ1n) is 13.0. The predicted octanol–water partition coefficient (Wildman–Crippen LogP) is 3.55. The van der Waals surface area contributed by atoms with Crippen molar-refractivity contribution in [2.75, 3.05) is 42.0 Å². The lowest BCUT2D eigenvalue weighted by molar-refractivity contribution is -0.256. The zero-order valence-electron chi connectivity index (χ0n) is 22.3. The van der Waals surface area contributed by atoms with E-state index in [9.17, 15) is 4.79 Å². The molecule has 2 aromatic rings. The zero-order chi connectivity index (χ0) is 26.0. The first-order valence-corrected chi connectivity index (χ1v) is 13.0. The zero-order valence-corrected chi connectivity index (χ0v) is 22.3. The summed E-state index contributed by atoms with van der Waals surface area (Å²) in [6, 6.07) is 14.9. The third-order valence-electron chi connectivity index (χ3n) is 9.42. The van der Waals surface area contributed by atoms with Gasteiger partial charge in [-0.15, -0.1) is 0 Å². The van der Waals surface area contributed by atoms with Crippen molar-refractivity contribution >= 4 is 5.91 Å². The number of likely N-dealkylation sites (tertiary alicyclic amines) is 1. The van der Waals surface area contributed by atoms with Crippen LogP contribution in [0.3, 0.4) is 0 Å². The maximum absolute atomic E-state index is 13.6. The van der Waals surface area contributed by atoms with Crippen LogP contribution in [0.25, 0.3) is 0 Å². The maximum Gasteiger partial charge on any atom is 0.226 e. The van der Waals surface area contributed by atoms with E-state index >= 15 is 0 Å². The molecule has 0 unspecified atom stereocenters. The maximum atomic E-state index is 13.6. The number of methoxy groups -OCH3 is 3. The van der Waals surface area contributed by atoms with Crippen LogP contribution in [-0.4, -0.2) is 75.6 Å². The molecule has 1 spiro atoms. The van der Waals surface area contributed by atoms with Crippen LogP contribution in [-0.2, 0) is 32.6 Å². The summed E-state index contributed by atoms with van der Waals surface area (Å²) in [4.78, 5) is 17.8. The topological polar surface area (TPSA) is 60.5 Å². The monoisotopic (exact) mass is 504 g/mol. The van der Waals surface area contributed by atoms with E-state index in [-0.39, 0.29) is 11.9 Å². The SMILES string of the molecule is COc1ccc2c3c1O[C@H]1C(OC)(OC)C=C[C@@]4(CC(=O)N(C)C)[C@@H](C2)N(Cc2ccccc2)CC[C@]314. The second kappa shape index (κ2) is 8.58. The lowest BCUT2D eigenvalue weighted by atomic mass is 9.43. The molecule has 2 bridgehead atoms. The number of ether oxygens (including phenoxy) is 4. The van der Waals surface area contributed by atoms with Crippen LogP contribution >= 0.6 is 0 Å². The second-order valence-electron chi connectivity index (χ2n) is 11.0. The highest BCUT2D eigenvalue weighted by Gasteiger charge is 2.75. The van der Waals surface area contributed by atoms with Gasteiger partial charge in [-0.3, -0.25) is 9.69 Å². The first-order chi connectivity index (χ1) is 17.9. The second-order valence-corrected chi connectivity index (χ2v) is 11.0. The minimum atomic E-state index is -1.07. The molecule has 4 aliphatic rings. The number of hydrogen-bond acceptors (Lipinski definition) is 6. The number of carbonyl (C=O) groups is 1. The van der Waals surface area contributed by atoms with Gasteiger partial charge in [-0.25, -0.2) is 0 Å². The van der Waals surface area contributed by atoms with Crippen molar-refractivity contribution in [1.82, 2.24) is 9.80 Å². The molecule has 196 valence electrons. The minimum Gasteiger partial charge on any atom is -0.493 e. The van der Waals surface area contributed by atoms with Crippen molar-refractivity contribution in [1.29, 1.82) is 0 Å². The number of piperidine rings is 1. The molecule has 0 saturated carbocycles. The molecule has 2 aliphatic heterocycles. The Balaban J connectivity index is 1.61. The molecule has 6 rings (SSSR count).